The molecule has 2 N–H and O–H groups in total. The Hall–Kier alpha value is -1.29. The van der Waals surface area contributed by atoms with Crippen molar-refractivity contribution in [3.63, 3.8) is 0 Å². The number of nitrogens with one attached hydrogen (secondary N) is 2. The molecule has 0 saturated carbocycles. The van der Waals surface area contributed by atoms with E-state index in [0.717, 1.165) is 11.3 Å². The van der Waals surface area contributed by atoms with Crippen molar-refractivity contribution < 1.29 is 19.2 Å². The van der Waals surface area contributed by atoms with Gasteiger partial charge in [0.2, 0.25) is 3.79 Å². The average molecular weight is 403 g/mol. The van der Waals surface area contributed by atoms with Crippen molar-refractivity contribution in [1.29, 1.82) is 0 Å². The first-order valence-electron chi connectivity index (χ1n) is 6.04. The second-order valence-corrected chi connectivity index (χ2v) is 7.65. The molecule has 1 heterocycles. The molecule has 127 valence electrons. The van der Waals surface area contributed by atoms with E-state index in [4.69, 9.17) is 45.4 Å². The average Bonchev–Trinajstić information content (AvgIpc) is 2.83. The zero-order valence-corrected chi connectivity index (χ0v) is 15.0. The maximum atomic E-state index is 11.5. The van der Waals surface area contributed by atoms with E-state index in [2.05, 4.69) is 20.2 Å². The van der Waals surface area contributed by atoms with Gasteiger partial charge >= 0.3 is 6.09 Å². The second kappa shape index (κ2) is 8.53. The molecule has 0 aliphatic carbocycles. The Morgan fingerprint density at radius 2 is 2.13 bits per heavy atom. The van der Waals surface area contributed by atoms with Crippen LogP contribution in [0.2, 0.25) is 0 Å². The number of carbonyl (C=O) groups is 2. The molecule has 1 radical (unpaired) electrons. The highest BCUT2D eigenvalue weighted by Crippen LogP contribution is 2.26. The Labute approximate surface area is 150 Å². The van der Waals surface area contributed by atoms with Crippen LogP contribution >= 0.6 is 46.1 Å². The standard InChI is InChI=1S/C11H12Cl3N4O4S/c1-5(2)22-18-7(8(15)19)6-3-23-9(16-6)17-10(20)21-4-11(12,13)14/h3,5,15H,4H2,1-2H3,(H,16,17,20). The van der Waals surface area contributed by atoms with E-state index in [9.17, 15) is 9.59 Å². The molecule has 0 unspecified atom stereocenters. The van der Waals surface area contributed by atoms with Crippen molar-refractivity contribution in [2.24, 2.45) is 5.16 Å². The fourth-order valence-corrected chi connectivity index (χ4v) is 1.92. The smallest absolute Gasteiger partial charge is 0.413 e. The number of rotatable bonds is 6. The first-order valence-corrected chi connectivity index (χ1v) is 8.06. The molecule has 23 heavy (non-hydrogen) atoms. The Morgan fingerprint density at radius 1 is 1.48 bits per heavy atom. The summed E-state index contributed by atoms with van der Waals surface area (Å²) >= 11 is 17.3. The van der Waals surface area contributed by atoms with E-state index in [-0.39, 0.29) is 22.6 Å². The van der Waals surface area contributed by atoms with Crippen LogP contribution in [0.3, 0.4) is 0 Å². The summed E-state index contributed by atoms with van der Waals surface area (Å²) in [4.78, 5) is 31.6. The summed E-state index contributed by atoms with van der Waals surface area (Å²) in [7, 11) is 0. The van der Waals surface area contributed by atoms with Gasteiger partial charge in [-0.05, 0) is 13.8 Å². The number of hydrogen-bond acceptors (Lipinski definition) is 7. The maximum Gasteiger partial charge on any atom is 0.413 e. The zero-order valence-electron chi connectivity index (χ0n) is 11.9. The summed E-state index contributed by atoms with van der Waals surface area (Å²) < 4.78 is 2.94. The van der Waals surface area contributed by atoms with Gasteiger partial charge < -0.3 is 9.57 Å². The monoisotopic (exact) mass is 401 g/mol. The summed E-state index contributed by atoms with van der Waals surface area (Å²) in [5, 5.41) is 7.43. The number of alkyl halides is 3. The molecular formula is C11H12Cl3N4O4S. The largest absolute Gasteiger partial charge is 0.445 e. The maximum absolute atomic E-state index is 11.5. The van der Waals surface area contributed by atoms with Gasteiger partial charge in [-0.25, -0.2) is 9.78 Å². The summed E-state index contributed by atoms with van der Waals surface area (Å²) in [5.74, 6) is -1.07. The van der Waals surface area contributed by atoms with Gasteiger partial charge in [-0.1, -0.05) is 40.0 Å². The minimum atomic E-state index is -1.73. The first-order chi connectivity index (χ1) is 10.6. The molecule has 0 aliphatic rings. The summed E-state index contributed by atoms with van der Waals surface area (Å²) in [5.41, 5.74) is 6.97. The van der Waals surface area contributed by atoms with Crippen LogP contribution in [0.1, 0.15) is 19.5 Å². The molecule has 8 nitrogen and oxygen atoms in total. The SMILES string of the molecule is CC(C)ON=C(C([NH])=O)c1csc(NC(=O)OCC(Cl)(Cl)Cl)n1. The van der Waals surface area contributed by atoms with Gasteiger partial charge in [0.1, 0.15) is 18.4 Å². The molecule has 0 atom stereocenters. The van der Waals surface area contributed by atoms with E-state index in [1.165, 1.54) is 5.38 Å². The third-order valence-corrected chi connectivity index (χ3v) is 2.98. The summed E-state index contributed by atoms with van der Waals surface area (Å²) in [6.45, 7) is 2.98. The van der Waals surface area contributed by atoms with E-state index in [1.807, 2.05) is 0 Å². The third kappa shape index (κ3) is 7.69. The van der Waals surface area contributed by atoms with E-state index in [1.54, 1.807) is 13.8 Å². The van der Waals surface area contributed by atoms with Crippen LogP contribution in [0, 0.1) is 0 Å². The minimum Gasteiger partial charge on any atom is -0.445 e. The van der Waals surface area contributed by atoms with Crippen molar-refractivity contribution in [2.45, 2.75) is 23.7 Å². The number of aromatic nitrogens is 1. The van der Waals surface area contributed by atoms with Crippen molar-refractivity contribution in [3.05, 3.63) is 11.1 Å². The highest BCUT2D eigenvalue weighted by molar-refractivity contribution is 7.14. The van der Waals surface area contributed by atoms with Crippen LogP contribution < -0.4 is 11.1 Å². The highest BCUT2D eigenvalue weighted by atomic mass is 35.6. The van der Waals surface area contributed by atoms with Gasteiger partial charge in [0.25, 0.3) is 5.91 Å². The molecule has 1 aromatic heterocycles. The Balaban J connectivity index is 2.74. The van der Waals surface area contributed by atoms with Crippen LogP contribution in [-0.2, 0) is 14.4 Å². The molecule has 0 spiro atoms. The van der Waals surface area contributed by atoms with E-state index < -0.39 is 22.4 Å². The van der Waals surface area contributed by atoms with Gasteiger partial charge in [-0.2, -0.15) is 0 Å². The third-order valence-electron chi connectivity index (χ3n) is 1.89. The molecule has 12 heteroatoms. The van der Waals surface area contributed by atoms with Gasteiger partial charge in [-0.3, -0.25) is 15.8 Å². The fraction of sp³-hybridized carbons (Fsp3) is 0.455. The number of thiazole rings is 1. The van der Waals surface area contributed by atoms with Crippen molar-refractivity contribution in [1.82, 2.24) is 10.7 Å². The molecule has 0 bridgehead atoms. The Morgan fingerprint density at radius 3 is 2.65 bits per heavy atom. The molecule has 0 aliphatic heterocycles. The lowest BCUT2D eigenvalue weighted by Gasteiger charge is -2.10. The highest BCUT2D eigenvalue weighted by Gasteiger charge is 2.23. The van der Waals surface area contributed by atoms with Gasteiger partial charge in [0.15, 0.2) is 10.8 Å². The van der Waals surface area contributed by atoms with Crippen LogP contribution in [-0.4, -0.2) is 39.2 Å². The number of halogens is 3. The molecular weight excluding hydrogens is 391 g/mol. The predicted molar refractivity (Wildman–Crippen MR) is 88.2 cm³/mol. The number of hydrogen-bond donors (Lipinski definition) is 1. The molecule has 1 rings (SSSR count). The lowest BCUT2D eigenvalue weighted by Crippen LogP contribution is -2.21. The molecule has 0 aromatic carbocycles. The fourth-order valence-electron chi connectivity index (χ4n) is 1.07. The quantitative estimate of drug-likeness (QED) is 0.446. The predicted octanol–water partition coefficient (Wildman–Crippen LogP) is 3.00. The number of carbonyl (C=O) groups excluding carboxylic acids is 2. The first kappa shape index (κ1) is 19.8. The minimum absolute atomic E-state index is 0.0901. The van der Waals surface area contributed by atoms with E-state index >= 15 is 0 Å². The lowest BCUT2D eigenvalue weighted by molar-refractivity contribution is -0.112. The summed E-state index contributed by atoms with van der Waals surface area (Å²) in [6.07, 6.45) is -1.15. The van der Waals surface area contributed by atoms with Crippen LogP contribution in [0.25, 0.3) is 0 Å². The van der Waals surface area contributed by atoms with Gasteiger partial charge in [-0.15, -0.1) is 11.3 Å². The van der Waals surface area contributed by atoms with Crippen molar-refractivity contribution in [2.75, 3.05) is 11.9 Å². The second-order valence-electron chi connectivity index (χ2n) is 4.28. The Kier molecular flexibility index (Phi) is 7.33. The molecule has 1 aromatic rings. The van der Waals surface area contributed by atoms with E-state index in [0.29, 0.717) is 0 Å². The number of oxime groups is 1. The topological polar surface area (TPSA) is 114 Å². The molecule has 2 amide bonds. The normalized spacial score (nSPS) is 12.2. The molecule has 0 saturated heterocycles. The lowest BCUT2D eigenvalue weighted by atomic mass is 10.3. The number of nitrogens with zero attached hydrogens (tertiary/aromatic N) is 2. The van der Waals surface area contributed by atoms with Crippen molar-refractivity contribution >= 4 is 69.0 Å². The van der Waals surface area contributed by atoms with Crippen LogP contribution in [0.15, 0.2) is 10.5 Å². The van der Waals surface area contributed by atoms with Crippen molar-refractivity contribution in [3.8, 4) is 0 Å². The van der Waals surface area contributed by atoms with Gasteiger partial charge in [0, 0.05) is 5.38 Å². The number of ether oxygens (including phenoxy) is 1. The molecule has 0 fully saturated rings. The number of amides is 2. The van der Waals surface area contributed by atoms with Crippen LogP contribution in [0.5, 0.6) is 0 Å². The number of anilines is 1. The van der Waals surface area contributed by atoms with Gasteiger partial charge in [0.05, 0.1) is 0 Å². The summed E-state index contributed by atoms with van der Waals surface area (Å²) in [6, 6.07) is 0. The zero-order chi connectivity index (χ0) is 17.6. The Bertz CT molecular complexity index is 600. The van der Waals surface area contributed by atoms with Crippen LogP contribution in [0.4, 0.5) is 9.93 Å².